The summed E-state index contributed by atoms with van der Waals surface area (Å²) in [6.45, 7) is 16.3. The zero-order valence-electron chi connectivity index (χ0n) is 15.0. The monoisotopic (exact) mass is 287 g/mol. The Balaban J connectivity index is 2.47. The van der Waals surface area contributed by atoms with E-state index in [1.54, 1.807) is 0 Å². The number of rotatable bonds is 3. The van der Waals surface area contributed by atoms with Crippen LogP contribution in [0.3, 0.4) is 0 Å². The highest BCUT2D eigenvalue weighted by Crippen LogP contribution is 2.46. The van der Waals surface area contributed by atoms with E-state index in [0.717, 1.165) is 0 Å². The molecule has 0 spiro atoms. The summed E-state index contributed by atoms with van der Waals surface area (Å²) in [6.07, 6.45) is 2.52. The molecule has 0 heterocycles. The van der Waals surface area contributed by atoms with Crippen molar-refractivity contribution in [2.75, 3.05) is 0 Å². The summed E-state index contributed by atoms with van der Waals surface area (Å²) in [6, 6.07) is 7.15. The highest BCUT2D eigenvalue weighted by molar-refractivity contribution is 5.44. The molecule has 0 amide bonds. The van der Waals surface area contributed by atoms with E-state index in [-0.39, 0.29) is 16.9 Å². The molecule has 0 aliphatic heterocycles. The lowest BCUT2D eigenvalue weighted by Gasteiger charge is -2.42. The van der Waals surface area contributed by atoms with Gasteiger partial charge in [0.05, 0.1) is 0 Å². The maximum Gasteiger partial charge on any atom is 0.0323 e. The first-order valence-electron chi connectivity index (χ1n) is 8.47. The zero-order valence-corrected chi connectivity index (χ0v) is 15.0. The van der Waals surface area contributed by atoms with Crippen molar-refractivity contribution < 1.29 is 0 Å². The molecule has 118 valence electrons. The Labute approximate surface area is 131 Å². The lowest BCUT2D eigenvalue weighted by atomic mass is 9.62. The molecule has 21 heavy (non-hydrogen) atoms. The van der Waals surface area contributed by atoms with E-state index in [9.17, 15) is 0 Å². The van der Waals surface area contributed by atoms with Gasteiger partial charge >= 0.3 is 0 Å². The maximum absolute atomic E-state index is 6.53. The van der Waals surface area contributed by atoms with Gasteiger partial charge in [-0.1, -0.05) is 66.7 Å². The Morgan fingerprint density at radius 2 is 1.43 bits per heavy atom. The minimum atomic E-state index is 0.135. The Bertz CT molecular complexity index is 511. The van der Waals surface area contributed by atoms with Crippen LogP contribution in [0.4, 0.5) is 0 Å². The van der Waals surface area contributed by atoms with Crippen LogP contribution in [-0.4, -0.2) is 0 Å². The number of nitrogens with two attached hydrogens (primary N) is 1. The largest absolute Gasteiger partial charge is 0.324 e. The van der Waals surface area contributed by atoms with Crippen molar-refractivity contribution >= 4 is 0 Å². The summed E-state index contributed by atoms with van der Waals surface area (Å²) in [5, 5.41) is 0. The third-order valence-electron chi connectivity index (χ3n) is 5.88. The topological polar surface area (TPSA) is 26.0 Å². The Kier molecular flexibility index (Phi) is 4.28. The molecule has 1 heteroatoms. The van der Waals surface area contributed by atoms with Crippen molar-refractivity contribution in [3.8, 4) is 0 Å². The van der Waals surface area contributed by atoms with Gasteiger partial charge in [0.15, 0.2) is 0 Å². The van der Waals surface area contributed by atoms with E-state index in [2.05, 4.69) is 66.7 Å². The van der Waals surface area contributed by atoms with Crippen molar-refractivity contribution in [2.24, 2.45) is 17.6 Å². The van der Waals surface area contributed by atoms with Gasteiger partial charge in [0.25, 0.3) is 0 Å². The van der Waals surface area contributed by atoms with Gasteiger partial charge in [-0.25, -0.2) is 0 Å². The molecule has 0 radical (unpaired) electrons. The molecule has 2 atom stereocenters. The van der Waals surface area contributed by atoms with Crippen molar-refractivity contribution in [3.05, 3.63) is 34.9 Å². The highest BCUT2D eigenvalue weighted by atomic mass is 14.7. The molecule has 0 aromatic heterocycles. The van der Waals surface area contributed by atoms with Gasteiger partial charge < -0.3 is 5.73 Å². The Morgan fingerprint density at radius 3 is 1.95 bits per heavy atom. The second kappa shape index (κ2) is 5.43. The summed E-state index contributed by atoms with van der Waals surface area (Å²) in [4.78, 5) is 0. The van der Waals surface area contributed by atoms with Gasteiger partial charge in [0.1, 0.15) is 0 Å². The van der Waals surface area contributed by atoms with Crippen LogP contribution in [0.25, 0.3) is 0 Å². The highest BCUT2D eigenvalue weighted by Gasteiger charge is 2.37. The molecule has 0 bridgehead atoms. The molecule has 1 aliphatic rings. The zero-order chi connectivity index (χ0) is 16.0. The van der Waals surface area contributed by atoms with Gasteiger partial charge in [-0.15, -0.1) is 0 Å². The number of hydrogen-bond donors (Lipinski definition) is 1. The molecule has 0 saturated heterocycles. The first-order chi connectivity index (χ1) is 9.56. The quantitative estimate of drug-likeness (QED) is 0.799. The van der Waals surface area contributed by atoms with Crippen LogP contribution >= 0.6 is 0 Å². The van der Waals surface area contributed by atoms with Gasteiger partial charge in [0.2, 0.25) is 0 Å². The van der Waals surface area contributed by atoms with Gasteiger partial charge in [-0.2, -0.15) is 0 Å². The molecular formula is C20H33N. The molecule has 1 aromatic carbocycles. The fourth-order valence-corrected chi connectivity index (χ4v) is 3.53. The molecule has 0 saturated carbocycles. The lowest BCUT2D eigenvalue weighted by molar-refractivity contribution is 0.328. The number of hydrogen-bond acceptors (Lipinski definition) is 1. The van der Waals surface area contributed by atoms with Gasteiger partial charge in [-0.3, -0.25) is 0 Å². The molecule has 1 aliphatic carbocycles. The number of fused-ring (bicyclic) bond motifs is 1. The molecular weight excluding hydrogens is 254 g/mol. The second-order valence-electron chi connectivity index (χ2n) is 8.70. The first kappa shape index (κ1) is 16.5. The Hall–Kier alpha value is -0.820. The summed E-state index contributed by atoms with van der Waals surface area (Å²) in [7, 11) is 0. The van der Waals surface area contributed by atoms with Gasteiger partial charge in [0, 0.05) is 6.04 Å². The van der Waals surface area contributed by atoms with Crippen LogP contribution in [-0.2, 0) is 10.8 Å². The van der Waals surface area contributed by atoms with Crippen LogP contribution in [0.2, 0.25) is 0 Å². The van der Waals surface area contributed by atoms with Crippen LogP contribution < -0.4 is 5.73 Å². The van der Waals surface area contributed by atoms with Gasteiger partial charge in [-0.05, 0) is 52.2 Å². The van der Waals surface area contributed by atoms with E-state index >= 15 is 0 Å². The average molecular weight is 287 g/mol. The molecule has 0 fully saturated rings. The van der Waals surface area contributed by atoms with E-state index in [4.69, 9.17) is 5.73 Å². The van der Waals surface area contributed by atoms with Crippen molar-refractivity contribution in [1.82, 2.24) is 0 Å². The molecule has 2 unspecified atom stereocenters. The summed E-state index contributed by atoms with van der Waals surface area (Å²) < 4.78 is 0. The van der Waals surface area contributed by atoms with E-state index < -0.39 is 0 Å². The van der Waals surface area contributed by atoms with Crippen LogP contribution in [0, 0.1) is 11.8 Å². The standard InChI is InChI=1S/C20H33N/c1-13(2)14(3)18(21)15-8-9-16-17(12-15)20(6,7)11-10-19(16,4)5/h8-9,12-14,18H,10-11,21H2,1-7H3. The van der Waals surface area contributed by atoms with E-state index in [1.807, 2.05) is 0 Å². The lowest BCUT2D eigenvalue weighted by Crippen LogP contribution is -2.34. The van der Waals surface area contributed by atoms with E-state index in [0.29, 0.717) is 11.8 Å². The maximum atomic E-state index is 6.53. The second-order valence-corrected chi connectivity index (χ2v) is 8.70. The summed E-state index contributed by atoms with van der Waals surface area (Å²) in [5.74, 6) is 1.11. The summed E-state index contributed by atoms with van der Waals surface area (Å²) in [5.41, 5.74) is 11.4. The minimum Gasteiger partial charge on any atom is -0.324 e. The van der Waals surface area contributed by atoms with Crippen LogP contribution in [0.5, 0.6) is 0 Å². The smallest absolute Gasteiger partial charge is 0.0323 e. The summed E-state index contributed by atoms with van der Waals surface area (Å²) >= 11 is 0. The SMILES string of the molecule is CC(C)C(C)C(N)c1ccc2c(c1)C(C)(C)CCC2(C)C. The predicted octanol–water partition coefficient (Wildman–Crippen LogP) is 5.33. The normalized spacial score (nSPS) is 22.7. The van der Waals surface area contributed by atoms with Crippen LogP contribution in [0.15, 0.2) is 18.2 Å². The predicted molar refractivity (Wildman–Crippen MR) is 92.7 cm³/mol. The average Bonchev–Trinajstić information content (AvgIpc) is 2.42. The first-order valence-corrected chi connectivity index (χ1v) is 8.47. The van der Waals surface area contributed by atoms with Crippen molar-refractivity contribution in [3.63, 3.8) is 0 Å². The fourth-order valence-electron chi connectivity index (χ4n) is 3.53. The molecule has 1 aromatic rings. The third-order valence-corrected chi connectivity index (χ3v) is 5.88. The number of benzene rings is 1. The van der Waals surface area contributed by atoms with Crippen molar-refractivity contribution in [1.29, 1.82) is 0 Å². The third kappa shape index (κ3) is 3.04. The Morgan fingerprint density at radius 1 is 0.905 bits per heavy atom. The molecule has 2 rings (SSSR count). The molecule has 1 nitrogen and oxygen atoms in total. The van der Waals surface area contributed by atoms with E-state index in [1.165, 1.54) is 29.5 Å². The fraction of sp³-hybridized carbons (Fsp3) is 0.700. The molecule has 2 N–H and O–H groups in total. The van der Waals surface area contributed by atoms with Crippen molar-refractivity contribution in [2.45, 2.75) is 78.2 Å². The van der Waals surface area contributed by atoms with Crippen LogP contribution in [0.1, 0.15) is 84.0 Å². The minimum absolute atomic E-state index is 0.135.